The van der Waals surface area contributed by atoms with E-state index in [4.69, 9.17) is 4.74 Å². The van der Waals surface area contributed by atoms with Crippen molar-refractivity contribution in [3.05, 3.63) is 65.2 Å². The number of hydrogen-bond donors (Lipinski definition) is 1. The molecule has 34 heavy (non-hydrogen) atoms. The Morgan fingerprint density at radius 3 is 2.59 bits per heavy atom. The third-order valence-electron chi connectivity index (χ3n) is 5.41. The molecule has 0 aliphatic carbocycles. The Balaban J connectivity index is 1.30. The second-order valence-electron chi connectivity index (χ2n) is 7.92. The fraction of sp³-hybridized carbons (Fsp3) is 0.304. The van der Waals surface area contributed by atoms with Gasteiger partial charge in [0, 0.05) is 31.0 Å². The fourth-order valence-corrected chi connectivity index (χ4v) is 5.86. The number of hydrogen-bond acceptors (Lipinski definition) is 8. The van der Waals surface area contributed by atoms with Crippen molar-refractivity contribution in [1.82, 2.24) is 10.2 Å². The number of carbonyl (C=O) groups excluding carboxylic acids is 2. The minimum absolute atomic E-state index is 0.0143. The SMILES string of the molecule is COc1ccc(N2CC(c3nnc(NC(=O)CCS(=O)(=O)Cc4ccccc4)s3)CC2=O)cc1. The molecule has 178 valence electrons. The zero-order chi connectivity index (χ0) is 24.1. The van der Waals surface area contributed by atoms with Gasteiger partial charge in [0.05, 0.1) is 18.6 Å². The normalized spacial score (nSPS) is 16.0. The van der Waals surface area contributed by atoms with E-state index in [-0.39, 0.29) is 34.9 Å². The topological polar surface area (TPSA) is 119 Å². The zero-order valence-electron chi connectivity index (χ0n) is 18.5. The molecule has 1 unspecified atom stereocenters. The number of anilines is 2. The summed E-state index contributed by atoms with van der Waals surface area (Å²) in [5.41, 5.74) is 1.47. The lowest BCUT2D eigenvalue weighted by atomic mass is 10.1. The van der Waals surface area contributed by atoms with Crippen LogP contribution in [0.1, 0.15) is 29.3 Å². The molecule has 3 aromatic rings. The van der Waals surface area contributed by atoms with Gasteiger partial charge >= 0.3 is 0 Å². The molecule has 4 rings (SSSR count). The highest BCUT2D eigenvalue weighted by atomic mass is 32.2. The quantitative estimate of drug-likeness (QED) is 0.480. The number of methoxy groups -OCH3 is 1. The summed E-state index contributed by atoms with van der Waals surface area (Å²) in [6, 6.07) is 16.1. The Morgan fingerprint density at radius 2 is 1.88 bits per heavy atom. The second kappa shape index (κ2) is 10.3. The van der Waals surface area contributed by atoms with Crippen molar-refractivity contribution in [3.63, 3.8) is 0 Å². The van der Waals surface area contributed by atoms with Gasteiger partial charge in [0.15, 0.2) is 9.84 Å². The van der Waals surface area contributed by atoms with Gasteiger partial charge in [-0.2, -0.15) is 0 Å². The van der Waals surface area contributed by atoms with Gasteiger partial charge < -0.3 is 15.0 Å². The molecular formula is C23H24N4O5S2. The summed E-state index contributed by atoms with van der Waals surface area (Å²) in [7, 11) is -1.83. The predicted octanol–water partition coefficient (Wildman–Crippen LogP) is 3.01. The van der Waals surface area contributed by atoms with Crippen molar-refractivity contribution in [2.45, 2.75) is 24.5 Å². The van der Waals surface area contributed by atoms with E-state index in [1.807, 2.05) is 18.2 Å². The average molecular weight is 501 g/mol. The molecule has 1 aromatic heterocycles. The summed E-state index contributed by atoms with van der Waals surface area (Å²) in [5.74, 6) is -0.243. The Bertz CT molecular complexity index is 1260. The molecule has 0 saturated carbocycles. The largest absolute Gasteiger partial charge is 0.497 e. The monoisotopic (exact) mass is 500 g/mol. The van der Waals surface area contributed by atoms with Crippen LogP contribution in [0.2, 0.25) is 0 Å². The number of ether oxygens (including phenoxy) is 1. The summed E-state index contributed by atoms with van der Waals surface area (Å²) >= 11 is 1.20. The van der Waals surface area contributed by atoms with Crippen LogP contribution in [0.5, 0.6) is 5.75 Å². The number of rotatable bonds is 9. The zero-order valence-corrected chi connectivity index (χ0v) is 20.1. The minimum Gasteiger partial charge on any atom is -0.497 e. The van der Waals surface area contributed by atoms with Gasteiger partial charge in [0.1, 0.15) is 10.8 Å². The molecule has 2 amide bonds. The van der Waals surface area contributed by atoms with E-state index in [2.05, 4.69) is 15.5 Å². The molecule has 2 aromatic carbocycles. The van der Waals surface area contributed by atoms with Crippen molar-refractivity contribution in [2.75, 3.05) is 29.6 Å². The lowest BCUT2D eigenvalue weighted by molar-refractivity contribution is -0.117. The highest BCUT2D eigenvalue weighted by Crippen LogP contribution is 2.34. The second-order valence-corrected chi connectivity index (χ2v) is 11.1. The lowest BCUT2D eigenvalue weighted by Crippen LogP contribution is -2.24. The van der Waals surface area contributed by atoms with E-state index in [9.17, 15) is 18.0 Å². The van der Waals surface area contributed by atoms with Crippen LogP contribution < -0.4 is 15.0 Å². The van der Waals surface area contributed by atoms with Gasteiger partial charge in [0.25, 0.3) is 0 Å². The Labute approximate surface area is 201 Å². The molecule has 1 aliphatic heterocycles. The minimum atomic E-state index is -3.42. The highest BCUT2D eigenvalue weighted by Gasteiger charge is 2.34. The highest BCUT2D eigenvalue weighted by molar-refractivity contribution is 7.90. The van der Waals surface area contributed by atoms with Crippen molar-refractivity contribution >= 4 is 43.8 Å². The van der Waals surface area contributed by atoms with E-state index in [0.29, 0.717) is 29.3 Å². The van der Waals surface area contributed by atoms with Crippen LogP contribution in [-0.4, -0.2) is 49.8 Å². The van der Waals surface area contributed by atoms with Crippen LogP contribution in [0, 0.1) is 0 Å². The van der Waals surface area contributed by atoms with Crippen molar-refractivity contribution in [1.29, 1.82) is 0 Å². The average Bonchev–Trinajstić information content (AvgIpc) is 3.45. The number of sulfone groups is 1. The third-order valence-corrected chi connectivity index (χ3v) is 8.02. The molecule has 1 aliphatic rings. The van der Waals surface area contributed by atoms with Crippen molar-refractivity contribution in [3.8, 4) is 5.75 Å². The van der Waals surface area contributed by atoms with Crippen molar-refractivity contribution in [2.24, 2.45) is 0 Å². The van der Waals surface area contributed by atoms with Crippen LogP contribution in [0.25, 0.3) is 0 Å². The van der Waals surface area contributed by atoms with Crippen LogP contribution >= 0.6 is 11.3 Å². The summed E-state index contributed by atoms with van der Waals surface area (Å²) in [6.07, 6.45) is 0.129. The van der Waals surface area contributed by atoms with Gasteiger partial charge in [-0.3, -0.25) is 9.59 Å². The van der Waals surface area contributed by atoms with Gasteiger partial charge in [-0.1, -0.05) is 41.7 Å². The van der Waals surface area contributed by atoms with Gasteiger partial charge in [-0.05, 0) is 29.8 Å². The van der Waals surface area contributed by atoms with Crippen LogP contribution in [0.15, 0.2) is 54.6 Å². The van der Waals surface area contributed by atoms with E-state index < -0.39 is 15.7 Å². The summed E-state index contributed by atoms with van der Waals surface area (Å²) in [4.78, 5) is 26.5. The van der Waals surface area contributed by atoms with Crippen LogP contribution in [-0.2, 0) is 25.2 Å². The Kier molecular flexibility index (Phi) is 7.23. The number of aromatic nitrogens is 2. The van der Waals surface area contributed by atoms with E-state index in [0.717, 1.165) is 5.69 Å². The Hall–Kier alpha value is -3.31. The molecule has 0 bridgehead atoms. The van der Waals surface area contributed by atoms with Gasteiger partial charge in [0.2, 0.25) is 16.9 Å². The Morgan fingerprint density at radius 1 is 1.15 bits per heavy atom. The molecule has 2 heterocycles. The van der Waals surface area contributed by atoms with E-state index in [1.54, 1.807) is 48.4 Å². The van der Waals surface area contributed by atoms with E-state index >= 15 is 0 Å². The smallest absolute Gasteiger partial charge is 0.227 e. The first-order valence-electron chi connectivity index (χ1n) is 10.6. The number of nitrogens with one attached hydrogen (secondary N) is 1. The first-order valence-corrected chi connectivity index (χ1v) is 13.3. The number of nitrogens with zero attached hydrogens (tertiary/aromatic N) is 3. The molecule has 11 heteroatoms. The summed E-state index contributed by atoms with van der Waals surface area (Å²) in [6.45, 7) is 0.464. The number of amides is 2. The summed E-state index contributed by atoms with van der Waals surface area (Å²) in [5, 5.41) is 11.7. The molecule has 0 radical (unpaired) electrons. The predicted molar refractivity (Wildman–Crippen MR) is 130 cm³/mol. The molecule has 1 atom stereocenters. The maximum absolute atomic E-state index is 12.5. The number of benzene rings is 2. The number of carbonyl (C=O) groups is 2. The lowest BCUT2D eigenvalue weighted by Gasteiger charge is -2.16. The first-order chi connectivity index (χ1) is 16.3. The molecule has 1 saturated heterocycles. The van der Waals surface area contributed by atoms with Crippen molar-refractivity contribution < 1.29 is 22.7 Å². The molecule has 0 spiro atoms. The molecular weight excluding hydrogens is 476 g/mol. The maximum atomic E-state index is 12.5. The van der Waals surface area contributed by atoms with Crippen LogP contribution in [0.4, 0.5) is 10.8 Å². The van der Waals surface area contributed by atoms with Gasteiger partial charge in [-0.15, -0.1) is 10.2 Å². The maximum Gasteiger partial charge on any atom is 0.227 e. The third kappa shape index (κ3) is 5.97. The molecule has 1 fully saturated rings. The first kappa shape index (κ1) is 23.8. The summed E-state index contributed by atoms with van der Waals surface area (Å²) < 4.78 is 29.8. The molecule has 9 nitrogen and oxygen atoms in total. The standard InChI is InChI=1S/C23H24N4O5S2/c1-32-19-9-7-18(8-10-19)27-14-17(13-21(27)29)22-25-26-23(33-22)24-20(28)11-12-34(30,31)15-16-5-3-2-4-6-16/h2-10,17H,11-15H2,1H3,(H,24,26,28). The molecule has 1 N–H and O–H groups in total. The fourth-order valence-electron chi connectivity index (χ4n) is 3.67. The van der Waals surface area contributed by atoms with Crippen LogP contribution in [0.3, 0.4) is 0 Å². The van der Waals surface area contributed by atoms with E-state index in [1.165, 1.54) is 11.3 Å². The van der Waals surface area contributed by atoms with Gasteiger partial charge in [-0.25, -0.2) is 8.42 Å².